The minimum absolute atomic E-state index is 0.335. The van der Waals surface area contributed by atoms with E-state index in [1.54, 1.807) is 16.8 Å². The van der Waals surface area contributed by atoms with E-state index >= 15 is 0 Å². The van der Waals surface area contributed by atoms with Crippen LogP contribution in [0.4, 0.5) is 11.6 Å². The molecule has 0 bridgehead atoms. The normalized spacial score (nSPS) is 14.9. The maximum Gasteiger partial charge on any atom is 0.288 e. The third-order valence-electron chi connectivity index (χ3n) is 4.50. The first-order chi connectivity index (χ1) is 13.2. The average Bonchev–Trinajstić information content (AvgIpc) is 3.17. The fourth-order valence-corrected chi connectivity index (χ4v) is 3.43. The fourth-order valence-electron chi connectivity index (χ4n) is 3.31. The molecular weight excluding hydrogens is 366 g/mol. The Bertz CT molecular complexity index is 1180. The third-order valence-corrected chi connectivity index (χ3v) is 4.75. The number of halogens is 1. The van der Waals surface area contributed by atoms with E-state index in [2.05, 4.69) is 31.0 Å². The predicted octanol–water partition coefficient (Wildman–Crippen LogP) is 2.77. The number of fused-ring (bicyclic) bond motifs is 2. The van der Waals surface area contributed by atoms with Gasteiger partial charge >= 0.3 is 0 Å². The molecule has 0 fully saturated rings. The number of hydrogen-bond donors (Lipinski definition) is 2. The largest absolute Gasteiger partial charge is 0.318 e. The average molecular weight is 378 g/mol. The van der Waals surface area contributed by atoms with Crippen LogP contribution >= 0.6 is 11.6 Å². The number of anilines is 2. The van der Waals surface area contributed by atoms with Crippen LogP contribution in [0, 0.1) is 0 Å². The molecule has 0 aliphatic carbocycles. The van der Waals surface area contributed by atoms with E-state index in [0.29, 0.717) is 27.9 Å². The van der Waals surface area contributed by atoms with E-state index in [4.69, 9.17) is 11.6 Å². The lowest BCUT2D eigenvalue weighted by Gasteiger charge is -2.27. The van der Waals surface area contributed by atoms with E-state index in [9.17, 15) is 4.79 Å². The van der Waals surface area contributed by atoms with E-state index in [-0.39, 0.29) is 5.56 Å². The van der Waals surface area contributed by atoms with Gasteiger partial charge in [0.15, 0.2) is 0 Å². The first kappa shape index (κ1) is 15.7. The van der Waals surface area contributed by atoms with Crippen molar-refractivity contribution in [3.8, 4) is 11.3 Å². The number of aromatic amines is 1. The van der Waals surface area contributed by atoms with Crippen LogP contribution in [0.3, 0.4) is 0 Å². The van der Waals surface area contributed by atoms with Crippen molar-refractivity contribution >= 4 is 23.2 Å². The summed E-state index contributed by atoms with van der Waals surface area (Å²) in [6.45, 7) is 0. The van der Waals surface area contributed by atoms with Crippen LogP contribution in [0.15, 0.2) is 59.4 Å². The summed E-state index contributed by atoms with van der Waals surface area (Å²) in [4.78, 5) is 12.5. The van der Waals surface area contributed by atoms with Crippen LogP contribution in [-0.2, 0) is 0 Å². The van der Waals surface area contributed by atoms with Gasteiger partial charge in [0.1, 0.15) is 11.7 Å². The summed E-state index contributed by atoms with van der Waals surface area (Å²) in [6, 6.07) is 16.6. The molecule has 1 aliphatic heterocycles. The van der Waals surface area contributed by atoms with Crippen molar-refractivity contribution in [3.63, 3.8) is 0 Å². The first-order valence-electron chi connectivity index (χ1n) is 8.21. The fraction of sp³-hybridized carbons (Fsp3) is 0.0556. The topological polar surface area (TPSA) is 101 Å². The molecule has 9 heteroatoms. The van der Waals surface area contributed by atoms with E-state index in [0.717, 1.165) is 11.1 Å². The highest BCUT2D eigenvalue weighted by Gasteiger charge is 2.34. The third kappa shape index (κ3) is 2.49. The zero-order chi connectivity index (χ0) is 18.4. The number of tetrazole rings is 1. The maximum atomic E-state index is 12.5. The molecule has 3 heterocycles. The SMILES string of the molecule is O=c1[nH]nc(-c2ccccc2)c2c1Nc1nnnn1[C@H]2c1ccc(Cl)cc1. The molecule has 2 aromatic carbocycles. The summed E-state index contributed by atoms with van der Waals surface area (Å²) in [7, 11) is 0. The summed E-state index contributed by atoms with van der Waals surface area (Å²) in [5.41, 5.74) is 3.16. The lowest BCUT2D eigenvalue weighted by atomic mass is 9.92. The number of nitrogens with zero attached hydrogens (tertiary/aromatic N) is 5. The predicted molar refractivity (Wildman–Crippen MR) is 100 cm³/mol. The van der Waals surface area contributed by atoms with Gasteiger partial charge in [-0.3, -0.25) is 4.79 Å². The molecule has 0 amide bonds. The molecule has 1 aliphatic rings. The standard InChI is InChI=1S/C18H12ClN7O/c19-12-8-6-11(7-9-12)16-13-14(10-4-2-1-3-5-10)21-22-17(27)15(13)20-18-23-24-25-26(16)18/h1-9,16H,(H,22,27)(H,20,23,25)/t16-/m0/s1. The molecular formula is C18H12ClN7O. The molecule has 0 saturated heterocycles. The highest BCUT2D eigenvalue weighted by molar-refractivity contribution is 6.30. The van der Waals surface area contributed by atoms with Gasteiger partial charge in [-0.05, 0) is 28.1 Å². The van der Waals surface area contributed by atoms with E-state index in [1.165, 1.54) is 0 Å². The lowest BCUT2D eigenvalue weighted by Crippen LogP contribution is -2.29. The van der Waals surface area contributed by atoms with Crippen molar-refractivity contribution in [1.82, 2.24) is 30.4 Å². The second kappa shape index (κ2) is 6.03. The van der Waals surface area contributed by atoms with Crippen LogP contribution < -0.4 is 10.9 Å². The van der Waals surface area contributed by atoms with Gasteiger partial charge in [0.05, 0.1) is 5.69 Å². The van der Waals surface area contributed by atoms with Gasteiger partial charge in [-0.25, -0.2) is 5.10 Å². The van der Waals surface area contributed by atoms with Crippen LogP contribution in [-0.4, -0.2) is 30.4 Å². The zero-order valence-electron chi connectivity index (χ0n) is 13.8. The molecule has 8 nitrogen and oxygen atoms in total. The van der Waals surface area contributed by atoms with E-state index in [1.807, 2.05) is 42.5 Å². The molecule has 5 rings (SSSR count). The highest BCUT2D eigenvalue weighted by atomic mass is 35.5. The summed E-state index contributed by atoms with van der Waals surface area (Å²) in [6.07, 6.45) is 0. The number of H-pyrrole nitrogens is 1. The van der Waals surface area contributed by atoms with Crippen molar-refractivity contribution in [2.24, 2.45) is 0 Å². The van der Waals surface area contributed by atoms with Gasteiger partial charge in [0.25, 0.3) is 5.56 Å². The van der Waals surface area contributed by atoms with Crippen LogP contribution in [0.2, 0.25) is 5.02 Å². The second-order valence-corrected chi connectivity index (χ2v) is 6.52. The first-order valence-corrected chi connectivity index (χ1v) is 8.58. The van der Waals surface area contributed by atoms with Gasteiger partial charge in [-0.1, -0.05) is 59.2 Å². The van der Waals surface area contributed by atoms with Crippen LogP contribution in [0.25, 0.3) is 11.3 Å². The Labute approximate surface area is 157 Å². The molecule has 4 aromatic rings. The Kier molecular flexibility index (Phi) is 3.51. The Hall–Kier alpha value is -3.52. The van der Waals surface area contributed by atoms with Gasteiger partial charge in [0, 0.05) is 16.1 Å². The minimum atomic E-state index is -0.423. The molecule has 0 radical (unpaired) electrons. The monoisotopic (exact) mass is 377 g/mol. The Morgan fingerprint density at radius 2 is 1.81 bits per heavy atom. The lowest BCUT2D eigenvalue weighted by molar-refractivity contribution is 0.567. The Balaban J connectivity index is 1.83. The summed E-state index contributed by atoms with van der Waals surface area (Å²) in [5, 5.41) is 22.4. The second-order valence-electron chi connectivity index (χ2n) is 6.08. The quantitative estimate of drug-likeness (QED) is 0.490. The summed E-state index contributed by atoms with van der Waals surface area (Å²) >= 11 is 6.06. The van der Waals surface area contributed by atoms with Gasteiger partial charge in [-0.15, -0.1) is 0 Å². The number of aromatic nitrogens is 6. The summed E-state index contributed by atoms with van der Waals surface area (Å²) < 4.78 is 1.64. The van der Waals surface area contributed by atoms with Crippen LogP contribution in [0.1, 0.15) is 17.2 Å². The molecule has 1 atom stereocenters. The molecule has 27 heavy (non-hydrogen) atoms. The van der Waals surface area contributed by atoms with E-state index < -0.39 is 6.04 Å². The number of hydrogen-bond acceptors (Lipinski definition) is 6. The van der Waals surface area contributed by atoms with Gasteiger partial charge < -0.3 is 5.32 Å². The molecule has 132 valence electrons. The molecule has 2 aromatic heterocycles. The molecule has 0 spiro atoms. The minimum Gasteiger partial charge on any atom is -0.318 e. The zero-order valence-corrected chi connectivity index (χ0v) is 14.6. The van der Waals surface area contributed by atoms with Gasteiger partial charge in [-0.2, -0.15) is 9.78 Å². The van der Waals surface area contributed by atoms with Gasteiger partial charge in [0.2, 0.25) is 5.95 Å². The van der Waals surface area contributed by atoms with Crippen molar-refractivity contribution in [3.05, 3.63) is 81.1 Å². The smallest absolute Gasteiger partial charge is 0.288 e. The molecule has 0 unspecified atom stereocenters. The number of rotatable bonds is 2. The molecule has 2 N–H and O–H groups in total. The Morgan fingerprint density at radius 1 is 1.04 bits per heavy atom. The van der Waals surface area contributed by atoms with Crippen molar-refractivity contribution in [1.29, 1.82) is 0 Å². The summed E-state index contributed by atoms with van der Waals surface area (Å²) in [5.74, 6) is 0.387. The van der Waals surface area contributed by atoms with Crippen LogP contribution in [0.5, 0.6) is 0 Å². The maximum absolute atomic E-state index is 12.5. The Morgan fingerprint density at radius 3 is 2.59 bits per heavy atom. The number of benzene rings is 2. The molecule has 0 saturated carbocycles. The van der Waals surface area contributed by atoms with Crippen molar-refractivity contribution in [2.45, 2.75) is 6.04 Å². The van der Waals surface area contributed by atoms with Crippen molar-refractivity contribution < 1.29 is 0 Å². The highest BCUT2D eigenvalue weighted by Crippen LogP contribution is 2.40. The number of nitrogens with one attached hydrogen (secondary N) is 2. The van der Waals surface area contributed by atoms with Crippen molar-refractivity contribution in [2.75, 3.05) is 5.32 Å².